The number of hydrogen-bond acceptors (Lipinski definition) is 8. The molecule has 0 aromatic carbocycles. The molecule has 0 bridgehead atoms. The van der Waals surface area contributed by atoms with Crippen LogP contribution in [-0.2, 0) is 0 Å². The first-order chi connectivity index (χ1) is 13.1. The van der Waals surface area contributed by atoms with Gasteiger partial charge in [-0.05, 0) is 44.9 Å². The number of nitrogens with one attached hydrogen (secondary N) is 1. The molecule has 1 fully saturated rings. The summed E-state index contributed by atoms with van der Waals surface area (Å²) < 4.78 is 5.34. The summed E-state index contributed by atoms with van der Waals surface area (Å²) in [5.74, 6) is 0.247. The van der Waals surface area contributed by atoms with Gasteiger partial charge in [0.15, 0.2) is 0 Å². The zero-order chi connectivity index (χ0) is 18.5. The number of carbonyl (C=O) groups is 1. The van der Waals surface area contributed by atoms with Gasteiger partial charge in [-0.15, -0.1) is 21.5 Å². The van der Waals surface area contributed by atoms with Crippen LogP contribution in [0.4, 0.5) is 5.13 Å². The highest BCUT2D eigenvalue weighted by atomic mass is 32.1. The van der Waals surface area contributed by atoms with Crippen molar-refractivity contribution in [2.75, 3.05) is 5.32 Å². The van der Waals surface area contributed by atoms with Crippen LogP contribution >= 0.6 is 22.7 Å². The van der Waals surface area contributed by atoms with Crippen molar-refractivity contribution in [3.05, 3.63) is 39.3 Å². The molecule has 9 heteroatoms. The Morgan fingerprint density at radius 3 is 2.81 bits per heavy atom. The molecule has 4 aromatic heterocycles. The van der Waals surface area contributed by atoms with Crippen LogP contribution in [0.15, 0.2) is 22.7 Å². The fourth-order valence-corrected chi connectivity index (χ4v) is 4.65. The molecule has 4 aromatic rings. The molecule has 1 aliphatic rings. The highest BCUT2D eigenvalue weighted by Gasteiger charge is 2.28. The minimum atomic E-state index is -0.262. The predicted octanol–water partition coefficient (Wildman–Crippen LogP) is 4.55. The van der Waals surface area contributed by atoms with Crippen LogP contribution < -0.4 is 5.32 Å². The van der Waals surface area contributed by atoms with E-state index in [0.717, 1.165) is 22.7 Å². The van der Waals surface area contributed by atoms with Crippen molar-refractivity contribution in [3.8, 4) is 10.6 Å². The van der Waals surface area contributed by atoms with Crippen molar-refractivity contribution in [1.82, 2.24) is 20.3 Å². The molecule has 0 spiro atoms. The van der Waals surface area contributed by atoms with E-state index in [1.807, 2.05) is 19.1 Å². The lowest BCUT2D eigenvalue weighted by molar-refractivity contribution is 0.102. The quantitative estimate of drug-likeness (QED) is 0.543. The third-order valence-electron chi connectivity index (χ3n) is 4.44. The minimum absolute atomic E-state index is 0.262. The normalized spacial score (nSPS) is 14.0. The fourth-order valence-electron chi connectivity index (χ4n) is 2.92. The van der Waals surface area contributed by atoms with Crippen molar-refractivity contribution in [2.24, 2.45) is 0 Å². The van der Waals surface area contributed by atoms with Gasteiger partial charge in [-0.3, -0.25) is 10.1 Å². The average Bonchev–Trinajstić information content (AvgIpc) is 3.05. The van der Waals surface area contributed by atoms with Crippen LogP contribution in [-0.4, -0.2) is 26.2 Å². The summed E-state index contributed by atoms with van der Waals surface area (Å²) in [6.45, 7) is 3.83. The second kappa shape index (κ2) is 6.21. The number of pyridine rings is 1. The maximum Gasteiger partial charge on any atom is 0.259 e. The molecule has 136 valence electrons. The Morgan fingerprint density at radius 2 is 2.07 bits per heavy atom. The van der Waals surface area contributed by atoms with E-state index in [9.17, 15) is 4.79 Å². The van der Waals surface area contributed by atoms with Crippen molar-refractivity contribution >= 4 is 44.8 Å². The van der Waals surface area contributed by atoms with Crippen molar-refractivity contribution in [1.29, 1.82) is 0 Å². The van der Waals surface area contributed by atoms with Crippen LogP contribution in [0.1, 0.15) is 44.7 Å². The highest BCUT2D eigenvalue weighted by Crippen LogP contribution is 2.42. The molecule has 1 N–H and O–H groups in total. The third-order valence-corrected chi connectivity index (χ3v) is 6.47. The van der Waals surface area contributed by atoms with Crippen LogP contribution in [0.25, 0.3) is 21.7 Å². The molecule has 4 heterocycles. The second-order valence-corrected chi connectivity index (χ2v) is 8.88. The predicted molar refractivity (Wildman–Crippen MR) is 104 cm³/mol. The Balaban J connectivity index is 1.55. The van der Waals surface area contributed by atoms with E-state index in [1.165, 1.54) is 16.2 Å². The first kappa shape index (κ1) is 16.5. The number of anilines is 1. The van der Waals surface area contributed by atoms with E-state index in [0.29, 0.717) is 39.1 Å². The molecular weight excluding hydrogens is 382 g/mol. The lowest BCUT2D eigenvalue weighted by atomic mass is 10.1. The van der Waals surface area contributed by atoms with E-state index in [1.54, 1.807) is 24.3 Å². The number of aromatic nitrogens is 4. The Hall–Kier alpha value is -2.65. The first-order valence-corrected chi connectivity index (χ1v) is 10.2. The summed E-state index contributed by atoms with van der Waals surface area (Å²) in [7, 11) is 0. The second-order valence-electron chi connectivity index (χ2n) is 6.59. The van der Waals surface area contributed by atoms with E-state index in [-0.39, 0.29) is 5.91 Å². The molecule has 0 radical (unpaired) electrons. The van der Waals surface area contributed by atoms with Crippen LogP contribution in [0.3, 0.4) is 0 Å². The Morgan fingerprint density at radius 1 is 1.22 bits per heavy atom. The molecule has 1 aliphatic carbocycles. The van der Waals surface area contributed by atoms with E-state index in [4.69, 9.17) is 4.52 Å². The number of amides is 1. The molecule has 0 aliphatic heterocycles. The molecule has 0 atom stereocenters. The van der Waals surface area contributed by atoms with E-state index >= 15 is 0 Å². The maximum absolute atomic E-state index is 13.0. The summed E-state index contributed by atoms with van der Waals surface area (Å²) in [5.41, 5.74) is 2.16. The largest absolute Gasteiger partial charge is 0.335 e. The summed E-state index contributed by atoms with van der Waals surface area (Å²) in [6, 6.07) is 5.81. The van der Waals surface area contributed by atoms with Gasteiger partial charge in [0, 0.05) is 10.8 Å². The number of rotatable bonds is 4. The van der Waals surface area contributed by atoms with Gasteiger partial charge in [0.2, 0.25) is 5.13 Å². The smallest absolute Gasteiger partial charge is 0.259 e. The SMILES string of the molecule is Cc1ccc(-c2cc(C(=O)Nc3nnc(C4CC4)s3)c3c(C)noc3n2)s1. The molecule has 0 saturated heterocycles. The summed E-state index contributed by atoms with van der Waals surface area (Å²) in [6.07, 6.45) is 2.30. The lowest BCUT2D eigenvalue weighted by Gasteiger charge is -2.05. The maximum atomic E-state index is 13.0. The fraction of sp³-hybridized carbons (Fsp3) is 0.278. The summed E-state index contributed by atoms with van der Waals surface area (Å²) in [4.78, 5) is 19.7. The lowest BCUT2D eigenvalue weighted by Crippen LogP contribution is -2.13. The number of fused-ring (bicyclic) bond motifs is 1. The summed E-state index contributed by atoms with van der Waals surface area (Å²) in [5, 5.41) is 17.2. The Bertz CT molecular complexity index is 1170. The van der Waals surface area contributed by atoms with E-state index in [2.05, 4.69) is 25.7 Å². The van der Waals surface area contributed by atoms with Gasteiger partial charge in [-0.25, -0.2) is 4.98 Å². The first-order valence-electron chi connectivity index (χ1n) is 8.57. The van der Waals surface area contributed by atoms with Crippen molar-refractivity contribution < 1.29 is 9.32 Å². The number of nitrogens with zero attached hydrogens (tertiary/aromatic N) is 4. The van der Waals surface area contributed by atoms with Crippen LogP contribution in [0.2, 0.25) is 0 Å². The molecule has 1 amide bonds. The van der Waals surface area contributed by atoms with Crippen LogP contribution in [0, 0.1) is 13.8 Å². The molecular formula is C18H15N5O2S2. The zero-order valence-electron chi connectivity index (χ0n) is 14.6. The standard InChI is InChI=1S/C18H15N5O2S2/c1-8-3-6-13(26-8)12-7-11(14-9(2)23-25-16(14)19-12)15(24)20-18-22-21-17(27-18)10-4-5-10/h3,6-7,10H,4-5H2,1-2H3,(H,20,22,24). The van der Waals surface area contributed by atoms with Gasteiger partial charge >= 0.3 is 0 Å². The number of aryl methyl sites for hydroxylation is 2. The zero-order valence-corrected chi connectivity index (χ0v) is 16.3. The molecule has 0 unspecified atom stereocenters. The van der Waals surface area contributed by atoms with Gasteiger partial charge in [0.1, 0.15) is 5.01 Å². The Kier molecular flexibility index (Phi) is 3.80. The molecule has 1 saturated carbocycles. The average molecular weight is 397 g/mol. The number of carbonyl (C=O) groups excluding carboxylic acids is 1. The van der Waals surface area contributed by atoms with Gasteiger partial charge < -0.3 is 4.52 Å². The molecule has 7 nitrogen and oxygen atoms in total. The van der Waals surface area contributed by atoms with Gasteiger partial charge in [-0.1, -0.05) is 16.5 Å². The summed E-state index contributed by atoms with van der Waals surface area (Å²) >= 11 is 3.05. The topological polar surface area (TPSA) is 93.8 Å². The van der Waals surface area contributed by atoms with Crippen molar-refractivity contribution in [3.63, 3.8) is 0 Å². The monoisotopic (exact) mass is 397 g/mol. The molecule has 27 heavy (non-hydrogen) atoms. The third kappa shape index (κ3) is 3.02. The highest BCUT2D eigenvalue weighted by molar-refractivity contribution is 7.15. The van der Waals surface area contributed by atoms with Gasteiger partial charge in [-0.2, -0.15) is 0 Å². The minimum Gasteiger partial charge on any atom is -0.335 e. The van der Waals surface area contributed by atoms with E-state index < -0.39 is 0 Å². The van der Waals surface area contributed by atoms with Crippen LogP contribution in [0.5, 0.6) is 0 Å². The van der Waals surface area contributed by atoms with Gasteiger partial charge in [0.25, 0.3) is 11.6 Å². The van der Waals surface area contributed by atoms with Crippen molar-refractivity contribution in [2.45, 2.75) is 32.6 Å². The van der Waals surface area contributed by atoms with Gasteiger partial charge in [0.05, 0.1) is 27.2 Å². The Labute approximate surface area is 162 Å². The molecule has 5 rings (SSSR count). The number of thiophene rings is 1. The number of hydrogen-bond donors (Lipinski definition) is 1.